The van der Waals surface area contributed by atoms with E-state index in [1.807, 2.05) is 7.05 Å². The Labute approximate surface area is 121 Å². The second kappa shape index (κ2) is 12.6. The summed E-state index contributed by atoms with van der Waals surface area (Å²) in [5.74, 6) is -0.459. The van der Waals surface area contributed by atoms with Gasteiger partial charge in [0.05, 0.1) is 18.9 Å². The second-order valence-corrected chi connectivity index (χ2v) is 5.57. The number of sulfonamides is 1. The zero-order valence-corrected chi connectivity index (χ0v) is 13.0. The van der Waals surface area contributed by atoms with E-state index < -0.39 is 10.0 Å². The van der Waals surface area contributed by atoms with E-state index in [0.29, 0.717) is 13.2 Å². The van der Waals surface area contributed by atoms with Gasteiger partial charge < -0.3 is 15.4 Å². The molecular weight excluding hydrogens is 294 g/mol. The molecule has 0 fully saturated rings. The quantitative estimate of drug-likeness (QED) is 0.429. The molecule has 0 spiro atoms. The number of hydrogen-bond acceptors (Lipinski definition) is 5. The van der Waals surface area contributed by atoms with Gasteiger partial charge in [-0.3, -0.25) is 4.79 Å². The number of carbonyl (C=O) groups is 1. The largest absolute Gasteiger partial charge is 0.381 e. The van der Waals surface area contributed by atoms with Crippen molar-refractivity contribution in [3.63, 3.8) is 0 Å². The Balaban J connectivity index is 0. The van der Waals surface area contributed by atoms with Crippen LogP contribution in [0, 0.1) is 0 Å². The molecule has 0 atom stereocenters. The summed E-state index contributed by atoms with van der Waals surface area (Å²) in [6.45, 7) is 3.50. The topological polar surface area (TPSA) is 96.5 Å². The first-order chi connectivity index (χ1) is 8.52. The minimum atomic E-state index is -3.43. The van der Waals surface area contributed by atoms with Gasteiger partial charge in [0.15, 0.2) is 0 Å². The zero-order chi connectivity index (χ0) is 13.9. The van der Waals surface area contributed by atoms with E-state index in [2.05, 4.69) is 15.4 Å². The molecule has 3 N–H and O–H groups in total. The third-order valence-electron chi connectivity index (χ3n) is 2.08. The molecule has 0 aromatic carbocycles. The Morgan fingerprint density at radius 3 is 2.53 bits per heavy atom. The molecular formula is C10H24ClN3O4S. The van der Waals surface area contributed by atoms with Crippen molar-refractivity contribution in [2.45, 2.75) is 13.3 Å². The van der Waals surface area contributed by atoms with Crippen LogP contribution in [0.15, 0.2) is 0 Å². The van der Waals surface area contributed by atoms with Gasteiger partial charge in [0, 0.05) is 13.2 Å². The number of rotatable bonds is 11. The molecule has 7 nitrogen and oxygen atoms in total. The highest BCUT2D eigenvalue weighted by Gasteiger charge is 2.11. The molecule has 9 heteroatoms. The lowest BCUT2D eigenvalue weighted by atomic mass is 10.4. The Hall–Kier alpha value is -0.410. The molecule has 0 aliphatic heterocycles. The van der Waals surface area contributed by atoms with E-state index in [4.69, 9.17) is 4.74 Å². The van der Waals surface area contributed by atoms with Crippen molar-refractivity contribution in [1.82, 2.24) is 15.4 Å². The molecule has 0 radical (unpaired) electrons. The molecule has 0 aromatic rings. The van der Waals surface area contributed by atoms with Gasteiger partial charge in [-0.05, 0) is 26.9 Å². The average Bonchev–Trinajstić information content (AvgIpc) is 2.32. The van der Waals surface area contributed by atoms with E-state index >= 15 is 0 Å². The van der Waals surface area contributed by atoms with Gasteiger partial charge in [-0.15, -0.1) is 12.4 Å². The first-order valence-corrected chi connectivity index (χ1v) is 7.63. The highest BCUT2D eigenvalue weighted by molar-refractivity contribution is 7.89. The van der Waals surface area contributed by atoms with Crippen LogP contribution in [0.1, 0.15) is 13.3 Å². The minimum absolute atomic E-state index is 0. The molecule has 0 saturated carbocycles. The highest BCUT2D eigenvalue weighted by Crippen LogP contribution is 1.85. The molecule has 0 saturated heterocycles. The lowest BCUT2D eigenvalue weighted by Crippen LogP contribution is -2.39. The van der Waals surface area contributed by atoms with Crippen molar-refractivity contribution in [3.05, 3.63) is 0 Å². The van der Waals surface area contributed by atoms with Gasteiger partial charge in [0.1, 0.15) is 0 Å². The number of carbonyl (C=O) groups excluding carboxylic acids is 1. The van der Waals surface area contributed by atoms with E-state index in [-0.39, 0.29) is 37.2 Å². The van der Waals surface area contributed by atoms with Gasteiger partial charge in [0.25, 0.3) is 0 Å². The number of ether oxygens (including phenoxy) is 1. The van der Waals surface area contributed by atoms with Crippen LogP contribution in [0.2, 0.25) is 0 Å². The van der Waals surface area contributed by atoms with Crippen molar-refractivity contribution >= 4 is 28.3 Å². The molecule has 1 amide bonds. The summed E-state index contributed by atoms with van der Waals surface area (Å²) in [4.78, 5) is 11.3. The molecule has 0 aliphatic rings. The van der Waals surface area contributed by atoms with E-state index in [1.54, 1.807) is 6.92 Å². The lowest BCUT2D eigenvalue weighted by molar-refractivity contribution is -0.119. The Kier molecular flexibility index (Phi) is 13.9. The van der Waals surface area contributed by atoms with E-state index in [0.717, 1.165) is 13.0 Å². The SMILES string of the molecule is CCOCCS(=O)(=O)NCC(=O)NCCCNC.Cl. The van der Waals surface area contributed by atoms with Crippen LogP contribution in [-0.4, -0.2) is 60.0 Å². The summed E-state index contributed by atoms with van der Waals surface area (Å²) in [5, 5.41) is 5.57. The van der Waals surface area contributed by atoms with Gasteiger partial charge in [0.2, 0.25) is 15.9 Å². The molecule has 0 bridgehead atoms. The van der Waals surface area contributed by atoms with Crippen molar-refractivity contribution in [2.24, 2.45) is 0 Å². The fraction of sp³-hybridized carbons (Fsp3) is 0.900. The normalized spacial score (nSPS) is 10.8. The third kappa shape index (κ3) is 13.8. The highest BCUT2D eigenvalue weighted by atomic mass is 35.5. The van der Waals surface area contributed by atoms with Crippen LogP contribution in [0.5, 0.6) is 0 Å². The summed E-state index contributed by atoms with van der Waals surface area (Å²) in [5.41, 5.74) is 0. The van der Waals surface area contributed by atoms with Gasteiger partial charge in [-0.2, -0.15) is 0 Å². The molecule has 0 aliphatic carbocycles. The maximum atomic E-state index is 11.4. The fourth-order valence-electron chi connectivity index (χ4n) is 1.12. The molecule has 0 heterocycles. The van der Waals surface area contributed by atoms with Crippen LogP contribution >= 0.6 is 12.4 Å². The van der Waals surface area contributed by atoms with Crippen molar-refractivity contribution < 1.29 is 17.9 Å². The van der Waals surface area contributed by atoms with Gasteiger partial charge in [-0.25, -0.2) is 13.1 Å². The van der Waals surface area contributed by atoms with Crippen molar-refractivity contribution in [3.8, 4) is 0 Å². The summed E-state index contributed by atoms with van der Waals surface area (Å²) in [6.07, 6.45) is 0.805. The predicted octanol–water partition coefficient (Wildman–Crippen LogP) is -0.910. The standard InChI is InChI=1S/C10H23N3O4S.ClH/c1-3-17-7-8-18(15,16)13-9-10(14)12-6-4-5-11-2;/h11,13H,3-9H2,1-2H3,(H,12,14);1H. The number of nitrogens with one attached hydrogen (secondary N) is 3. The maximum Gasteiger partial charge on any atom is 0.235 e. The number of halogens is 1. The summed E-state index contributed by atoms with van der Waals surface area (Å²) in [6, 6.07) is 0. The first-order valence-electron chi connectivity index (χ1n) is 5.98. The lowest BCUT2D eigenvalue weighted by Gasteiger charge is -2.07. The number of hydrogen-bond donors (Lipinski definition) is 3. The van der Waals surface area contributed by atoms with Gasteiger partial charge >= 0.3 is 0 Å². The first kappa shape index (κ1) is 20.9. The van der Waals surface area contributed by atoms with E-state index in [9.17, 15) is 13.2 Å². The zero-order valence-electron chi connectivity index (χ0n) is 11.4. The van der Waals surface area contributed by atoms with Crippen molar-refractivity contribution in [1.29, 1.82) is 0 Å². The summed E-state index contributed by atoms with van der Waals surface area (Å²) < 4.78 is 30.0. The Morgan fingerprint density at radius 2 is 1.95 bits per heavy atom. The second-order valence-electron chi connectivity index (χ2n) is 3.64. The van der Waals surface area contributed by atoms with Crippen LogP contribution in [0.4, 0.5) is 0 Å². The van der Waals surface area contributed by atoms with Gasteiger partial charge in [-0.1, -0.05) is 0 Å². The fourth-order valence-corrected chi connectivity index (χ4v) is 1.95. The van der Waals surface area contributed by atoms with Crippen LogP contribution in [0.3, 0.4) is 0 Å². The average molecular weight is 318 g/mol. The maximum absolute atomic E-state index is 11.4. The van der Waals surface area contributed by atoms with Crippen molar-refractivity contribution in [2.75, 3.05) is 45.6 Å². The van der Waals surface area contributed by atoms with Crippen LogP contribution in [-0.2, 0) is 19.6 Å². The molecule has 0 unspecified atom stereocenters. The smallest absolute Gasteiger partial charge is 0.235 e. The number of amides is 1. The molecule has 116 valence electrons. The molecule has 0 aromatic heterocycles. The monoisotopic (exact) mass is 317 g/mol. The Morgan fingerprint density at radius 1 is 1.26 bits per heavy atom. The van der Waals surface area contributed by atoms with Crippen LogP contribution in [0.25, 0.3) is 0 Å². The molecule has 0 rings (SSSR count). The third-order valence-corrected chi connectivity index (χ3v) is 3.37. The molecule has 19 heavy (non-hydrogen) atoms. The van der Waals surface area contributed by atoms with Crippen LogP contribution < -0.4 is 15.4 Å². The minimum Gasteiger partial charge on any atom is -0.381 e. The summed E-state index contributed by atoms with van der Waals surface area (Å²) in [7, 11) is -1.60. The summed E-state index contributed by atoms with van der Waals surface area (Å²) >= 11 is 0. The Bertz CT molecular complexity index is 325. The van der Waals surface area contributed by atoms with E-state index in [1.165, 1.54) is 0 Å². The predicted molar refractivity (Wildman–Crippen MR) is 77.1 cm³/mol.